The third kappa shape index (κ3) is 6.21. The summed E-state index contributed by atoms with van der Waals surface area (Å²) in [6.07, 6.45) is 9.70. The quantitative estimate of drug-likeness (QED) is 0.510. The molecule has 5 nitrogen and oxygen atoms in total. The van der Waals surface area contributed by atoms with Crippen molar-refractivity contribution in [2.24, 2.45) is 29.6 Å². The van der Waals surface area contributed by atoms with Crippen molar-refractivity contribution >= 4 is 11.9 Å². The van der Waals surface area contributed by atoms with Crippen molar-refractivity contribution < 1.29 is 55.2 Å². The standard InChI is InChI=1S/C24H36O5.Na.H/c1-5-15(3)24(27)29-21-11-14(2)10-17-7-6-16(4)20(23(17)21)9-8-19-12-18(25)13-22(26)28-19;;/h6-7,10,14-16,18-21,23,25H,5,8-9,11-13H2,1-4H3;;/q;+1;-1/t14-,15-,16-,18+,19-,20-,21-,23-;;/m0../s1. The number of rotatable bonds is 6. The van der Waals surface area contributed by atoms with Gasteiger partial charge in [-0.15, -0.1) is 0 Å². The van der Waals surface area contributed by atoms with Gasteiger partial charge in [0.25, 0.3) is 0 Å². The van der Waals surface area contributed by atoms with E-state index < -0.39 is 6.10 Å². The second-order valence-corrected chi connectivity index (χ2v) is 9.36. The Hall–Kier alpha value is -0.620. The number of hydrogen-bond acceptors (Lipinski definition) is 5. The molecule has 1 saturated heterocycles. The van der Waals surface area contributed by atoms with Crippen LogP contribution in [0.5, 0.6) is 0 Å². The average Bonchev–Trinajstić information content (AvgIpc) is 2.65. The number of carbonyl (C=O) groups is 2. The number of allylic oxidation sites excluding steroid dienone is 3. The van der Waals surface area contributed by atoms with E-state index in [1.165, 1.54) is 5.57 Å². The molecule has 30 heavy (non-hydrogen) atoms. The normalized spacial score (nSPS) is 36.6. The predicted octanol–water partition coefficient (Wildman–Crippen LogP) is 1.31. The summed E-state index contributed by atoms with van der Waals surface area (Å²) >= 11 is 0. The zero-order chi connectivity index (χ0) is 21.1. The zero-order valence-electron chi connectivity index (χ0n) is 20.2. The van der Waals surface area contributed by atoms with Crippen LogP contribution in [0.2, 0.25) is 0 Å². The molecule has 6 heteroatoms. The van der Waals surface area contributed by atoms with E-state index in [4.69, 9.17) is 9.47 Å². The van der Waals surface area contributed by atoms with Crippen molar-refractivity contribution in [2.75, 3.05) is 0 Å². The number of aliphatic hydroxyl groups excluding tert-OH is 1. The van der Waals surface area contributed by atoms with E-state index in [9.17, 15) is 14.7 Å². The number of fused-ring (bicyclic) bond motifs is 1. The van der Waals surface area contributed by atoms with E-state index in [-0.39, 0.29) is 73.4 Å². The molecule has 0 unspecified atom stereocenters. The molecule has 0 saturated carbocycles. The first-order valence-corrected chi connectivity index (χ1v) is 11.3. The van der Waals surface area contributed by atoms with Gasteiger partial charge in [0.1, 0.15) is 12.2 Å². The van der Waals surface area contributed by atoms with Gasteiger partial charge >= 0.3 is 41.5 Å². The van der Waals surface area contributed by atoms with Gasteiger partial charge in [-0.1, -0.05) is 45.9 Å². The summed E-state index contributed by atoms with van der Waals surface area (Å²) in [7, 11) is 0. The minimum atomic E-state index is -0.597. The van der Waals surface area contributed by atoms with E-state index in [0.717, 1.165) is 25.7 Å². The zero-order valence-corrected chi connectivity index (χ0v) is 21.2. The number of cyclic esters (lactones) is 1. The molecule has 0 aromatic carbocycles. The first-order chi connectivity index (χ1) is 13.8. The molecule has 3 rings (SSSR count). The Balaban J connectivity index is 0.00000240. The molecule has 0 aromatic heterocycles. The first-order valence-electron chi connectivity index (χ1n) is 11.3. The van der Waals surface area contributed by atoms with Gasteiger partial charge in [-0.05, 0) is 49.0 Å². The van der Waals surface area contributed by atoms with E-state index in [2.05, 4.69) is 32.1 Å². The first kappa shape index (κ1) is 25.6. The molecule has 0 aromatic rings. The van der Waals surface area contributed by atoms with Crippen LogP contribution in [0.1, 0.15) is 67.6 Å². The van der Waals surface area contributed by atoms with Gasteiger partial charge in [0.15, 0.2) is 0 Å². The minimum absolute atomic E-state index is 0. The van der Waals surface area contributed by atoms with E-state index >= 15 is 0 Å². The van der Waals surface area contributed by atoms with Crippen LogP contribution in [-0.4, -0.2) is 35.4 Å². The monoisotopic (exact) mass is 428 g/mol. The fraction of sp³-hybridized carbons (Fsp3) is 0.750. The van der Waals surface area contributed by atoms with Gasteiger partial charge in [0.05, 0.1) is 18.4 Å². The summed E-state index contributed by atoms with van der Waals surface area (Å²) in [5.41, 5.74) is 1.27. The minimum Gasteiger partial charge on any atom is -1.00 e. The van der Waals surface area contributed by atoms with Gasteiger partial charge in [-0.2, -0.15) is 0 Å². The predicted molar refractivity (Wildman–Crippen MR) is 112 cm³/mol. The molecule has 0 amide bonds. The second-order valence-electron chi connectivity index (χ2n) is 9.36. The van der Waals surface area contributed by atoms with E-state index in [1.54, 1.807) is 0 Å². The Kier molecular flexibility index (Phi) is 9.66. The molecule has 164 valence electrons. The Bertz CT molecular complexity index is 679. The van der Waals surface area contributed by atoms with Crippen LogP contribution in [0, 0.1) is 29.6 Å². The van der Waals surface area contributed by atoms with Crippen LogP contribution in [-0.2, 0) is 19.1 Å². The largest absolute Gasteiger partial charge is 1.00 e. The smallest absolute Gasteiger partial charge is 1.00 e. The molecule has 0 bridgehead atoms. The maximum atomic E-state index is 12.5. The van der Waals surface area contributed by atoms with E-state index in [1.807, 2.05) is 13.8 Å². The Morgan fingerprint density at radius 1 is 1.33 bits per heavy atom. The summed E-state index contributed by atoms with van der Waals surface area (Å²) in [6, 6.07) is 0. The van der Waals surface area contributed by atoms with Crippen molar-refractivity contribution in [3.8, 4) is 0 Å². The number of ether oxygens (including phenoxy) is 2. The van der Waals surface area contributed by atoms with E-state index in [0.29, 0.717) is 24.2 Å². The van der Waals surface area contributed by atoms with Gasteiger partial charge in [-0.25, -0.2) is 0 Å². The Morgan fingerprint density at radius 2 is 2.07 bits per heavy atom. The molecule has 2 aliphatic carbocycles. The summed E-state index contributed by atoms with van der Waals surface area (Å²) in [6.45, 7) is 8.33. The molecule has 8 atom stereocenters. The van der Waals surface area contributed by atoms with Crippen LogP contribution < -0.4 is 29.6 Å². The van der Waals surface area contributed by atoms with Crippen molar-refractivity contribution in [1.82, 2.24) is 0 Å². The Morgan fingerprint density at radius 3 is 2.73 bits per heavy atom. The molecule has 1 N–H and O–H groups in total. The van der Waals surface area contributed by atoms with Crippen molar-refractivity contribution in [1.29, 1.82) is 0 Å². The molecule has 1 aliphatic heterocycles. The maximum absolute atomic E-state index is 12.5. The van der Waals surface area contributed by atoms with Gasteiger partial charge in [0.2, 0.25) is 0 Å². The van der Waals surface area contributed by atoms with Crippen LogP contribution in [0.3, 0.4) is 0 Å². The Labute approximate surface area is 204 Å². The molecule has 3 aliphatic rings. The van der Waals surface area contributed by atoms with Gasteiger partial charge < -0.3 is 16.0 Å². The molecule has 0 spiro atoms. The average molecular weight is 429 g/mol. The fourth-order valence-corrected chi connectivity index (χ4v) is 5.07. The number of carbonyl (C=O) groups excluding carboxylic acids is 2. The van der Waals surface area contributed by atoms with Crippen LogP contribution in [0.25, 0.3) is 0 Å². The third-order valence-corrected chi connectivity index (χ3v) is 6.93. The van der Waals surface area contributed by atoms with Crippen molar-refractivity contribution in [3.63, 3.8) is 0 Å². The SMILES string of the molecule is CC[C@H](C)C(=O)O[C@H]1C[C@@H](C)C=C2C=C[C@H](C)[C@H](CC[C@H]3C[C@@H](O)CC(=O)O3)[C@H]21.[H-].[Na+]. The number of esters is 2. The summed E-state index contributed by atoms with van der Waals surface area (Å²) in [5, 5.41) is 9.89. The summed E-state index contributed by atoms with van der Waals surface area (Å²) < 4.78 is 11.5. The molecule has 0 radical (unpaired) electrons. The van der Waals surface area contributed by atoms with Crippen LogP contribution in [0.15, 0.2) is 23.8 Å². The molecule has 1 fully saturated rings. The van der Waals surface area contributed by atoms with Crippen molar-refractivity contribution in [2.45, 2.75) is 84.5 Å². The third-order valence-electron chi connectivity index (χ3n) is 6.93. The van der Waals surface area contributed by atoms with Crippen molar-refractivity contribution in [3.05, 3.63) is 23.8 Å². The van der Waals surface area contributed by atoms with Crippen LogP contribution >= 0.6 is 0 Å². The fourth-order valence-electron chi connectivity index (χ4n) is 5.07. The van der Waals surface area contributed by atoms with Crippen LogP contribution in [0.4, 0.5) is 0 Å². The molecular weight excluding hydrogens is 391 g/mol. The number of aliphatic hydroxyl groups is 1. The second kappa shape index (κ2) is 11.3. The van der Waals surface area contributed by atoms with Gasteiger partial charge in [0, 0.05) is 12.3 Å². The molecule has 1 heterocycles. The summed E-state index contributed by atoms with van der Waals surface area (Å²) in [4.78, 5) is 24.2. The topological polar surface area (TPSA) is 72.8 Å². The summed E-state index contributed by atoms with van der Waals surface area (Å²) in [5.74, 6) is 0.755. The molecular formula is C24H37NaO5. The van der Waals surface area contributed by atoms with Gasteiger partial charge in [-0.3, -0.25) is 9.59 Å². The number of hydrogen-bond donors (Lipinski definition) is 1. The maximum Gasteiger partial charge on any atom is 1.00 e.